The minimum absolute atomic E-state index is 0.333. The fourth-order valence-electron chi connectivity index (χ4n) is 1.47. The predicted octanol–water partition coefficient (Wildman–Crippen LogP) is 1.33. The Balaban J connectivity index is 2.21. The van der Waals surface area contributed by atoms with Gasteiger partial charge in [-0.2, -0.15) is 0 Å². The number of carbonyl (C=O) groups excluding carboxylic acids is 1. The quantitative estimate of drug-likeness (QED) is 0.800. The summed E-state index contributed by atoms with van der Waals surface area (Å²) in [7, 11) is 1.70. The Bertz CT molecular complexity index is 383. The molecule has 1 aliphatic rings. The summed E-state index contributed by atoms with van der Waals surface area (Å²) in [5.41, 5.74) is 0.512. The Hall–Kier alpha value is -1.62. The van der Waals surface area contributed by atoms with Gasteiger partial charge < -0.3 is 4.74 Å². The van der Waals surface area contributed by atoms with Crippen molar-refractivity contribution in [2.75, 3.05) is 18.5 Å². The number of carbonyl (C=O) groups is 1. The number of likely N-dealkylation sites (N-methyl/N-ethyl adjacent to an activating group) is 1. The summed E-state index contributed by atoms with van der Waals surface area (Å²) in [5.74, 6) is -0.367. The lowest BCUT2D eigenvalue weighted by Gasteiger charge is -2.12. The average Bonchev–Trinajstić information content (AvgIpc) is 2.60. The van der Waals surface area contributed by atoms with Gasteiger partial charge in [0.15, 0.2) is 6.23 Å². The molecule has 1 atom stereocenters. The van der Waals surface area contributed by atoms with E-state index in [0.717, 1.165) is 0 Å². The summed E-state index contributed by atoms with van der Waals surface area (Å²) in [5, 5.41) is 2.83. The molecule has 1 aromatic carbocycles. The van der Waals surface area contributed by atoms with Crippen LogP contribution in [0.25, 0.3) is 0 Å². The van der Waals surface area contributed by atoms with Crippen molar-refractivity contribution in [3.8, 4) is 0 Å². The number of nitrogens with zero attached hydrogens (tertiary/aromatic N) is 1. The zero-order valence-corrected chi connectivity index (χ0v) is 8.24. The zero-order chi connectivity index (χ0) is 10.8. The SMILES string of the molecule is CN[C@@H]1CN(c2cccc(F)c2)C(=O)O1. The number of cyclic esters (lactones) is 1. The first-order chi connectivity index (χ1) is 7.20. The lowest BCUT2D eigenvalue weighted by atomic mass is 10.3. The summed E-state index contributed by atoms with van der Waals surface area (Å²) in [6.45, 7) is 0.388. The molecule has 15 heavy (non-hydrogen) atoms. The molecule has 2 rings (SSSR count). The van der Waals surface area contributed by atoms with Crippen molar-refractivity contribution in [1.29, 1.82) is 0 Å². The van der Waals surface area contributed by atoms with Gasteiger partial charge in [0.1, 0.15) is 5.82 Å². The summed E-state index contributed by atoms with van der Waals surface area (Å²) >= 11 is 0. The predicted molar refractivity (Wildman–Crippen MR) is 53.1 cm³/mol. The van der Waals surface area contributed by atoms with Gasteiger partial charge in [0.05, 0.1) is 12.2 Å². The highest BCUT2D eigenvalue weighted by atomic mass is 19.1. The molecule has 4 nitrogen and oxygen atoms in total. The third kappa shape index (κ3) is 1.92. The standard InChI is InChI=1S/C10H11FN2O2/c1-12-9-6-13(10(14)15-9)8-4-2-3-7(11)5-8/h2-5,9,12H,6H2,1H3/t9-/m0/s1. The number of halogens is 1. The molecule has 0 radical (unpaired) electrons. The Kier molecular flexibility index (Phi) is 2.55. The molecule has 0 spiro atoms. The van der Waals surface area contributed by atoms with Crippen LogP contribution in [-0.4, -0.2) is 25.9 Å². The Morgan fingerprint density at radius 3 is 3.00 bits per heavy atom. The van der Waals surface area contributed by atoms with Gasteiger partial charge in [0.25, 0.3) is 0 Å². The van der Waals surface area contributed by atoms with Gasteiger partial charge in [0, 0.05) is 0 Å². The highest BCUT2D eigenvalue weighted by molar-refractivity contribution is 5.89. The van der Waals surface area contributed by atoms with Gasteiger partial charge in [0.2, 0.25) is 0 Å². The van der Waals surface area contributed by atoms with E-state index in [1.807, 2.05) is 0 Å². The second-order valence-electron chi connectivity index (χ2n) is 3.25. The monoisotopic (exact) mass is 210 g/mol. The molecule has 0 saturated carbocycles. The zero-order valence-electron chi connectivity index (χ0n) is 8.24. The van der Waals surface area contributed by atoms with E-state index in [4.69, 9.17) is 4.74 Å². The van der Waals surface area contributed by atoms with Crippen molar-refractivity contribution in [3.63, 3.8) is 0 Å². The van der Waals surface area contributed by atoms with Gasteiger partial charge in [-0.05, 0) is 25.2 Å². The second kappa shape index (κ2) is 3.86. The minimum Gasteiger partial charge on any atom is -0.428 e. The molecule has 1 amide bonds. The smallest absolute Gasteiger partial charge is 0.416 e. The van der Waals surface area contributed by atoms with E-state index in [1.165, 1.54) is 17.0 Å². The van der Waals surface area contributed by atoms with Crippen molar-refractivity contribution in [2.45, 2.75) is 6.23 Å². The molecular weight excluding hydrogens is 199 g/mol. The normalized spacial score (nSPS) is 20.5. The third-order valence-electron chi connectivity index (χ3n) is 2.25. The molecule has 80 valence electrons. The summed E-state index contributed by atoms with van der Waals surface area (Å²) in [4.78, 5) is 12.8. The van der Waals surface area contributed by atoms with Crippen LogP contribution in [-0.2, 0) is 4.74 Å². The molecule has 1 heterocycles. The van der Waals surface area contributed by atoms with Gasteiger partial charge in [-0.3, -0.25) is 10.2 Å². The molecule has 1 fully saturated rings. The van der Waals surface area contributed by atoms with E-state index in [0.29, 0.717) is 12.2 Å². The molecule has 0 unspecified atom stereocenters. The molecule has 5 heteroatoms. The molecule has 0 bridgehead atoms. The number of ether oxygens (including phenoxy) is 1. The number of amides is 1. The Labute approximate surface area is 86.6 Å². The average molecular weight is 210 g/mol. The lowest BCUT2D eigenvalue weighted by Crippen LogP contribution is -2.30. The van der Waals surface area contributed by atoms with Gasteiger partial charge in [-0.25, -0.2) is 9.18 Å². The molecule has 0 aliphatic carbocycles. The fraction of sp³-hybridized carbons (Fsp3) is 0.300. The summed E-state index contributed by atoms with van der Waals surface area (Å²) < 4.78 is 17.9. The maximum Gasteiger partial charge on any atom is 0.416 e. The van der Waals surface area contributed by atoms with E-state index in [-0.39, 0.29) is 12.0 Å². The summed E-state index contributed by atoms with van der Waals surface area (Å²) in [6.07, 6.45) is -0.791. The number of anilines is 1. The number of benzene rings is 1. The van der Waals surface area contributed by atoms with Crippen LogP contribution in [0.15, 0.2) is 24.3 Å². The molecule has 0 aromatic heterocycles. The van der Waals surface area contributed by atoms with Crippen molar-refractivity contribution in [2.24, 2.45) is 0 Å². The van der Waals surface area contributed by atoms with Crippen LogP contribution in [0.2, 0.25) is 0 Å². The lowest BCUT2D eigenvalue weighted by molar-refractivity contribution is 0.128. The number of hydrogen-bond acceptors (Lipinski definition) is 3. The van der Waals surface area contributed by atoms with Crippen molar-refractivity contribution >= 4 is 11.8 Å². The van der Waals surface area contributed by atoms with Crippen LogP contribution >= 0.6 is 0 Å². The Morgan fingerprint density at radius 1 is 1.60 bits per heavy atom. The van der Waals surface area contributed by atoms with Crippen molar-refractivity contribution in [1.82, 2.24) is 5.32 Å². The highest BCUT2D eigenvalue weighted by Crippen LogP contribution is 2.21. The first-order valence-corrected chi connectivity index (χ1v) is 4.61. The van der Waals surface area contributed by atoms with Crippen LogP contribution < -0.4 is 10.2 Å². The fourth-order valence-corrected chi connectivity index (χ4v) is 1.47. The number of rotatable bonds is 2. The van der Waals surface area contributed by atoms with E-state index >= 15 is 0 Å². The van der Waals surface area contributed by atoms with Crippen LogP contribution in [0, 0.1) is 5.82 Å². The van der Waals surface area contributed by atoms with E-state index < -0.39 is 6.09 Å². The Morgan fingerprint density at radius 2 is 2.40 bits per heavy atom. The largest absolute Gasteiger partial charge is 0.428 e. The first kappa shape index (κ1) is 9.92. The van der Waals surface area contributed by atoms with Crippen molar-refractivity contribution < 1.29 is 13.9 Å². The van der Waals surface area contributed by atoms with Crippen LogP contribution in [0.1, 0.15) is 0 Å². The van der Waals surface area contributed by atoms with Gasteiger partial charge >= 0.3 is 6.09 Å². The van der Waals surface area contributed by atoms with Crippen LogP contribution in [0.4, 0.5) is 14.9 Å². The first-order valence-electron chi connectivity index (χ1n) is 4.61. The van der Waals surface area contributed by atoms with Crippen LogP contribution in [0.5, 0.6) is 0 Å². The minimum atomic E-state index is -0.458. The topological polar surface area (TPSA) is 41.6 Å². The van der Waals surface area contributed by atoms with Gasteiger partial charge in [-0.1, -0.05) is 6.07 Å². The van der Waals surface area contributed by atoms with E-state index in [1.54, 1.807) is 19.2 Å². The molecule has 1 aliphatic heterocycles. The maximum absolute atomic E-state index is 12.9. The molecule has 1 saturated heterocycles. The van der Waals surface area contributed by atoms with Crippen LogP contribution in [0.3, 0.4) is 0 Å². The summed E-state index contributed by atoms with van der Waals surface area (Å²) in [6, 6.07) is 5.87. The van der Waals surface area contributed by atoms with Crippen molar-refractivity contribution in [3.05, 3.63) is 30.1 Å². The van der Waals surface area contributed by atoms with Gasteiger partial charge in [-0.15, -0.1) is 0 Å². The number of hydrogen-bond donors (Lipinski definition) is 1. The molecule has 1 aromatic rings. The maximum atomic E-state index is 12.9. The molecule has 1 N–H and O–H groups in total. The van der Waals surface area contributed by atoms with E-state index in [9.17, 15) is 9.18 Å². The van der Waals surface area contributed by atoms with E-state index in [2.05, 4.69) is 5.32 Å². The molecular formula is C10H11FN2O2. The number of nitrogens with one attached hydrogen (secondary N) is 1. The highest BCUT2D eigenvalue weighted by Gasteiger charge is 2.31. The third-order valence-corrected chi connectivity index (χ3v) is 2.25. The second-order valence-corrected chi connectivity index (χ2v) is 3.25.